The summed E-state index contributed by atoms with van der Waals surface area (Å²) in [5.74, 6) is 1.19. The molecule has 3 rings (SSSR count). The molecule has 2 fully saturated rings. The van der Waals surface area contributed by atoms with Crippen LogP contribution in [0.5, 0.6) is 5.75 Å². The van der Waals surface area contributed by atoms with Gasteiger partial charge in [-0.1, -0.05) is 6.07 Å². The van der Waals surface area contributed by atoms with Gasteiger partial charge in [-0.15, -0.1) is 0 Å². The maximum absolute atomic E-state index is 10.7. The highest BCUT2D eigenvalue weighted by Crippen LogP contribution is 2.47. The van der Waals surface area contributed by atoms with Crippen LogP contribution in [0.2, 0.25) is 0 Å². The lowest BCUT2D eigenvalue weighted by Gasteiger charge is -2.48. The Hall–Kier alpha value is -1.06. The second-order valence-corrected chi connectivity index (χ2v) is 6.31. The molecule has 1 spiro atoms. The molecule has 1 saturated heterocycles. The van der Waals surface area contributed by atoms with Crippen molar-refractivity contribution in [2.45, 2.75) is 50.7 Å². The molecule has 1 aliphatic heterocycles. The molecule has 110 valence electrons. The Morgan fingerprint density at radius 3 is 2.80 bits per heavy atom. The molecule has 1 aromatic rings. The molecule has 2 aliphatic rings. The average molecular weight is 276 g/mol. The number of aliphatic hydroxyl groups is 1. The molecule has 0 bridgehead atoms. The first-order valence-corrected chi connectivity index (χ1v) is 7.60. The van der Waals surface area contributed by atoms with Gasteiger partial charge in [0.2, 0.25) is 0 Å². The molecule has 2 atom stereocenters. The summed E-state index contributed by atoms with van der Waals surface area (Å²) in [7, 11) is 1.68. The SMILES string of the molecule is COc1ccc(C(O)C2CCOC3(CCC3)C2)cc1C. The first kappa shape index (κ1) is 13.9. The lowest BCUT2D eigenvalue weighted by Crippen LogP contribution is -2.46. The minimum absolute atomic E-state index is 0.0887. The van der Waals surface area contributed by atoms with Gasteiger partial charge < -0.3 is 14.6 Å². The Morgan fingerprint density at radius 1 is 1.40 bits per heavy atom. The van der Waals surface area contributed by atoms with E-state index in [4.69, 9.17) is 9.47 Å². The molecule has 0 radical (unpaired) electrons. The van der Waals surface area contributed by atoms with E-state index in [1.807, 2.05) is 25.1 Å². The van der Waals surface area contributed by atoms with Crippen molar-refractivity contribution in [3.05, 3.63) is 29.3 Å². The van der Waals surface area contributed by atoms with E-state index >= 15 is 0 Å². The molecule has 1 aliphatic carbocycles. The van der Waals surface area contributed by atoms with Gasteiger partial charge in [-0.25, -0.2) is 0 Å². The van der Waals surface area contributed by atoms with Crippen LogP contribution in [0, 0.1) is 12.8 Å². The molecule has 1 heterocycles. The molecule has 0 amide bonds. The van der Waals surface area contributed by atoms with Crippen LogP contribution in [0.3, 0.4) is 0 Å². The Morgan fingerprint density at radius 2 is 2.20 bits per heavy atom. The second kappa shape index (κ2) is 5.38. The van der Waals surface area contributed by atoms with Crippen LogP contribution < -0.4 is 4.74 Å². The third-order valence-corrected chi connectivity index (χ3v) is 5.00. The molecule has 1 N–H and O–H groups in total. The fraction of sp³-hybridized carbons (Fsp3) is 0.647. The highest BCUT2D eigenvalue weighted by Gasteiger charge is 2.44. The van der Waals surface area contributed by atoms with E-state index in [1.165, 1.54) is 6.42 Å². The number of benzene rings is 1. The van der Waals surface area contributed by atoms with Crippen LogP contribution in [0.15, 0.2) is 18.2 Å². The number of ether oxygens (including phenoxy) is 2. The summed E-state index contributed by atoms with van der Waals surface area (Å²) in [6.45, 7) is 2.81. The molecule has 0 aromatic heterocycles. The summed E-state index contributed by atoms with van der Waals surface area (Å²) in [6.07, 6.45) is 5.16. The number of hydrogen-bond donors (Lipinski definition) is 1. The predicted octanol–water partition coefficient (Wildman–Crippen LogP) is 3.39. The summed E-state index contributed by atoms with van der Waals surface area (Å²) >= 11 is 0. The minimum atomic E-state index is -0.388. The van der Waals surface area contributed by atoms with Gasteiger partial charge in [-0.2, -0.15) is 0 Å². The van der Waals surface area contributed by atoms with Crippen molar-refractivity contribution >= 4 is 0 Å². The van der Waals surface area contributed by atoms with Gasteiger partial charge in [0, 0.05) is 6.61 Å². The summed E-state index contributed by atoms with van der Waals surface area (Å²) in [6, 6.07) is 5.98. The van der Waals surface area contributed by atoms with E-state index in [0.29, 0.717) is 5.92 Å². The monoisotopic (exact) mass is 276 g/mol. The molecule has 2 unspecified atom stereocenters. The van der Waals surface area contributed by atoms with Crippen LogP contribution in [-0.2, 0) is 4.74 Å². The lowest BCUT2D eigenvalue weighted by atomic mass is 9.70. The van der Waals surface area contributed by atoms with Crippen LogP contribution >= 0.6 is 0 Å². The lowest BCUT2D eigenvalue weighted by molar-refractivity contribution is -0.157. The summed E-state index contributed by atoms with van der Waals surface area (Å²) < 4.78 is 11.2. The number of methoxy groups -OCH3 is 1. The molecule has 1 saturated carbocycles. The van der Waals surface area contributed by atoms with E-state index in [-0.39, 0.29) is 11.7 Å². The molecular formula is C17H24O3. The van der Waals surface area contributed by atoms with Gasteiger partial charge in [0.25, 0.3) is 0 Å². The Labute approximate surface area is 120 Å². The van der Waals surface area contributed by atoms with Crippen molar-refractivity contribution in [1.29, 1.82) is 0 Å². The summed E-state index contributed by atoms with van der Waals surface area (Å²) in [4.78, 5) is 0. The molecule has 3 nitrogen and oxygen atoms in total. The van der Waals surface area contributed by atoms with Crippen molar-refractivity contribution in [3.8, 4) is 5.75 Å². The van der Waals surface area contributed by atoms with Crippen LogP contribution in [-0.4, -0.2) is 24.4 Å². The third kappa shape index (κ3) is 2.45. The van der Waals surface area contributed by atoms with Gasteiger partial charge in [-0.3, -0.25) is 0 Å². The smallest absolute Gasteiger partial charge is 0.121 e. The summed E-state index contributed by atoms with van der Waals surface area (Å²) in [5, 5.41) is 10.7. The van der Waals surface area contributed by atoms with Crippen molar-refractivity contribution in [2.75, 3.05) is 13.7 Å². The van der Waals surface area contributed by atoms with Crippen molar-refractivity contribution in [1.82, 2.24) is 0 Å². The highest BCUT2D eigenvalue weighted by molar-refractivity contribution is 5.37. The van der Waals surface area contributed by atoms with Crippen LogP contribution in [0.25, 0.3) is 0 Å². The van der Waals surface area contributed by atoms with Gasteiger partial charge in [-0.05, 0) is 68.2 Å². The van der Waals surface area contributed by atoms with E-state index in [0.717, 1.165) is 49.2 Å². The van der Waals surface area contributed by atoms with Gasteiger partial charge in [0.05, 0.1) is 18.8 Å². The van der Waals surface area contributed by atoms with Crippen LogP contribution in [0.1, 0.15) is 49.3 Å². The third-order valence-electron chi connectivity index (χ3n) is 5.00. The van der Waals surface area contributed by atoms with Crippen molar-refractivity contribution < 1.29 is 14.6 Å². The molecule has 1 aromatic carbocycles. The second-order valence-electron chi connectivity index (χ2n) is 6.31. The van der Waals surface area contributed by atoms with E-state index in [1.54, 1.807) is 7.11 Å². The number of aryl methyl sites for hydroxylation is 1. The fourth-order valence-electron chi connectivity index (χ4n) is 3.61. The highest BCUT2D eigenvalue weighted by atomic mass is 16.5. The standard InChI is InChI=1S/C17H24O3/c1-12-10-13(4-5-15(12)19-2)16(18)14-6-9-20-17(11-14)7-3-8-17/h4-5,10,14,16,18H,3,6-9,11H2,1-2H3. The number of rotatable bonds is 3. The average Bonchev–Trinajstić information content (AvgIpc) is 2.45. The molecular weight excluding hydrogens is 252 g/mol. The Kier molecular flexibility index (Phi) is 3.74. The van der Waals surface area contributed by atoms with Crippen LogP contribution in [0.4, 0.5) is 0 Å². The normalized spacial score (nSPS) is 26.1. The minimum Gasteiger partial charge on any atom is -0.496 e. The van der Waals surface area contributed by atoms with E-state index in [2.05, 4.69) is 0 Å². The first-order chi connectivity index (χ1) is 9.63. The zero-order valence-electron chi connectivity index (χ0n) is 12.4. The van der Waals surface area contributed by atoms with Gasteiger partial charge in [0.1, 0.15) is 5.75 Å². The fourth-order valence-corrected chi connectivity index (χ4v) is 3.61. The Bertz CT molecular complexity index is 479. The zero-order chi connectivity index (χ0) is 14.2. The van der Waals surface area contributed by atoms with Crippen molar-refractivity contribution in [3.63, 3.8) is 0 Å². The maximum atomic E-state index is 10.7. The predicted molar refractivity (Wildman–Crippen MR) is 77.9 cm³/mol. The quantitative estimate of drug-likeness (QED) is 0.919. The largest absolute Gasteiger partial charge is 0.496 e. The zero-order valence-corrected chi connectivity index (χ0v) is 12.4. The number of hydrogen-bond acceptors (Lipinski definition) is 3. The van der Waals surface area contributed by atoms with Gasteiger partial charge in [0.15, 0.2) is 0 Å². The summed E-state index contributed by atoms with van der Waals surface area (Å²) in [5.41, 5.74) is 2.17. The maximum Gasteiger partial charge on any atom is 0.121 e. The van der Waals surface area contributed by atoms with Gasteiger partial charge >= 0.3 is 0 Å². The first-order valence-electron chi connectivity index (χ1n) is 7.60. The van der Waals surface area contributed by atoms with E-state index in [9.17, 15) is 5.11 Å². The van der Waals surface area contributed by atoms with E-state index < -0.39 is 0 Å². The topological polar surface area (TPSA) is 38.7 Å². The Balaban J connectivity index is 1.74. The molecule has 20 heavy (non-hydrogen) atoms. The number of aliphatic hydroxyl groups excluding tert-OH is 1. The van der Waals surface area contributed by atoms with Crippen molar-refractivity contribution in [2.24, 2.45) is 5.92 Å². The molecule has 3 heteroatoms.